The van der Waals surface area contributed by atoms with E-state index in [1.165, 1.54) is 56.3 Å². The number of likely N-dealkylation sites (N-methyl/N-ethyl adjacent to an activating group) is 1. The Hall–Kier alpha value is -0.860. The van der Waals surface area contributed by atoms with E-state index in [0.717, 1.165) is 6.54 Å². The van der Waals surface area contributed by atoms with Gasteiger partial charge in [-0.15, -0.1) is 0 Å². The van der Waals surface area contributed by atoms with E-state index in [4.69, 9.17) is 0 Å². The van der Waals surface area contributed by atoms with Crippen molar-refractivity contribution in [2.45, 2.75) is 65.0 Å². The van der Waals surface area contributed by atoms with Gasteiger partial charge in [0, 0.05) is 12.1 Å². The molecule has 2 heteroatoms. The molecule has 0 bridgehead atoms. The zero-order chi connectivity index (χ0) is 15.1. The lowest BCUT2D eigenvalue weighted by atomic mass is 9.96. The van der Waals surface area contributed by atoms with Crippen LogP contribution in [-0.2, 0) is 0 Å². The van der Waals surface area contributed by atoms with Gasteiger partial charge >= 0.3 is 0 Å². The summed E-state index contributed by atoms with van der Waals surface area (Å²) in [5.41, 5.74) is 2.77. The summed E-state index contributed by atoms with van der Waals surface area (Å²) in [5.74, 6) is 0. The lowest BCUT2D eigenvalue weighted by Gasteiger charge is -2.36. The van der Waals surface area contributed by atoms with Gasteiger partial charge in [0.25, 0.3) is 0 Å². The van der Waals surface area contributed by atoms with Crippen LogP contribution in [0.5, 0.6) is 0 Å². The van der Waals surface area contributed by atoms with Crippen LogP contribution in [0, 0.1) is 6.92 Å². The van der Waals surface area contributed by atoms with Crippen LogP contribution < -0.4 is 5.32 Å². The molecule has 0 aliphatic carbocycles. The molecule has 21 heavy (non-hydrogen) atoms. The average molecular weight is 288 g/mol. The Morgan fingerprint density at radius 1 is 1.00 bits per heavy atom. The van der Waals surface area contributed by atoms with Crippen molar-refractivity contribution in [2.24, 2.45) is 0 Å². The molecule has 118 valence electrons. The normalized spacial score (nSPS) is 20.5. The van der Waals surface area contributed by atoms with Crippen LogP contribution >= 0.6 is 0 Å². The highest BCUT2D eigenvalue weighted by Crippen LogP contribution is 2.23. The van der Waals surface area contributed by atoms with E-state index in [1.54, 1.807) is 0 Å². The first-order chi connectivity index (χ1) is 10.2. The van der Waals surface area contributed by atoms with Crippen molar-refractivity contribution < 1.29 is 0 Å². The Kier molecular flexibility index (Phi) is 6.72. The lowest BCUT2D eigenvalue weighted by Crippen LogP contribution is -2.44. The molecule has 2 nitrogen and oxygen atoms in total. The van der Waals surface area contributed by atoms with Crippen LogP contribution in [0.3, 0.4) is 0 Å². The van der Waals surface area contributed by atoms with E-state index in [-0.39, 0.29) is 0 Å². The van der Waals surface area contributed by atoms with Crippen molar-refractivity contribution in [3.8, 4) is 0 Å². The van der Waals surface area contributed by atoms with Gasteiger partial charge in [-0.05, 0) is 51.9 Å². The van der Waals surface area contributed by atoms with Gasteiger partial charge in [0.05, 0.1) is 0 Å². The summed E-state index contributed by atoms with van der Waals surface area (Å²) in [7, 11) is 0. The minimum Gasteiger partial charge on any atom is -0.309 e. The van der Waals surface area contributed by atoms with Crippen LogP contribution in [-0.4, -0.2) is 30.6 Å². The number of rotatable bonds is 5. The molecule has 2 rings (SSSR count). The number of aryl methyl sites for hydroxylation is 1. The van der Waals surface area contributed by atoms with Crippen LogP contribution in [0.1, 0.15) is 63.1 Å². The van der Waals surface area contributed by atoms with E-state index in [9.17, 15) is 0 Å². The van der Waals surface area contributed by atoms with Crippen molar-refractivity contribution in [1.82, 2.24) is 10.2 Å². The highest BCUT2D eigenvalue weighted by molar-refractivity contribution is 5.25. The Morgan fingerprint density at radius 2 is 1.57 bits per heavy atom. The topological polar surface area (TPSA) is 15.3 Å². The third kappa shape index (κ3) is 4.82. The van der Waals surface area contributed by atoms with Crippen LogP contribution in [0.4, 0.5) is 0 Å². The Bertz CT molecular complexity index is 391. The fraction of sp³-hybridized carbons (Fsp3) is 0.684. The summed E-state index contributed by atoms with van der Waals surface area (Å²) in [5, 5.41) is 3.71. The van der Waals surface area contributed by atoms with Crippen LogP contribution in [0.15, 0.2) is 24.3 Å². The summed E-state index contributed by atoms with van der Waals surface area (Å²) in [6.07, 6.45) is 6.95. The minimum atomic E-state index is 0.440. The molecule has 0 amide bonds. The standard InChI is InChI=1S/C19H32N2/c1-4-20-19(18-12-10-16(2)11-13-18)17(3)21-14-8-6-5-7-9-15-21/h10-13,17,19-20H,4-9,14-15H2,1-3H3. The molecular formula is C19H32N2. The second-order valence-electron chi connectivity index (χ2n) is 6.49. The maximum absolute atomic E-state index is 3.71. The molecule has 2 atom stereocenters. The van der Waals surface area contributed by atoms with Crippen LogP contribution in [0.2, 0.25) is 0 Å². The second kappa shape index (κ2) is 8.55. The molecule has 1 heterocycles. The molecule has 0 saturated carbocycles. The van der Waals surface area contributed by atoms with E-state index >= 15 is 0 Å². The zero-order valence-corrected chi connectivity index (χ0v) is 14.1. The summed E-state index contributed by atoms with van der Waals surface area (Å²) in [6.45, 7) is 10.3. The summed E-state index contributed by atoms with van der Waals surface area (Å²) in [4.78, 5) is 2.70. The van der Waals surface area contributed by atoms with Gasteiger partial charge in [-0.3, -0.25) is 4.90 Å². The Labute approximate surface area is 130 Å². The molecule has 1 fully saturated rings. The molecule has 2 unspecified atom stereocenters. The molecule has 1 N–H and O–H groups in total. The number of nitrogens with zero attached hydrogens (tertiary/aromatic N) is 1. The first-order valence-corrected chi connectivity index (χ1v) is 8.76. The molecule has 1 aliphatic heterocycles. The van der Waals surface area contributed by atoms with Crippen molar-refractivity contribution in [2.75, 3.05) is 19.6 Å². The van der Waals surface area contributed by atoms with Gasteiger partial charge in [0.15, 0.2) is 0 Å². The first-order valence-electron chi connectivity index (χ1n) is 8.76. The van der Waals surface area contributed by atoms with Crippen molar-refractivity contribution in [1.29, 1.82) is 0 Å². The predicted molar refractivity (Wildman–Crippen MR) is 91.7 cm³/mol. The molecule has 0 radical (unpaired) electrons. The third-order valence-corrected chi connectivity index (χ3v) is 4.81. The molecule has 1 aliphatic rings. The van der Waals surface area contributed by atoms with Crippen molar-refractivity contribution >= 4 is 0 Å². The van der Waals surface area contributed by atoms with E-state index < -0.39 is 0 Å². The highest BCUT2D eigenvalue weighted by Gasteiger charge is 2.24. The second-order valence-corrected chi connectivity index (χ2v) is 6.49. The molecule has 1 aromatic rings. The summed E-state index contributed by atoms with van der Waals surface area (Å²) >= 11 is 0. The van der Waals surface area contributed by atoms with Crippen LogP contribution in [0.25, 0.3) is 0 Å². The predicted octanol–water partition coefficient (Wildman–Crippen LogP) is 4.30. The zero-order valence-electron chi connectivity index (χ0n) is 14.1. The number of hydrogen-bond acceptors (Lipinski definition) is 2. The molecule has 0 aromatic heterocycles. The van der Waals surface area contributed by atoms with E-state index in [0.29, 0.717) is 12.1 Å². The average Bonchev–Trinajstić information content (AvgIpc) is 2.45. The van der Waals surface area contributed by atoms with Gasteiger partial charge in [0.2, 0.25) is 0 Å². The molecule has 1 aromatic carbocycles. The number of hydrogen-bond donors (Lipinski definition) is 1. The van der Waals surface area contributed by atoms with Gasteiger partial charge in [-0.25, -0.2) is 0 Å². The maximum Gasteiger partial charge on any atom is 0.0475 e. The summed E-state index contributed by atoms with van der Waals surface area (Å²) < 4.78 is 0. The number of benzene rings is 1. The fourth-order valence-electron chi connectivity index (χ4n) is 3.45. The SMILES string of the molecule is CCNC(c1ccc(C)cc1)C(C)N1CCCCCCC1. The van der Waals surface area contributed by atoms with E-state index in [1.807, 2.05) is 0 Å². The lowest BCUT2D eigenvalue weighted by molar-refractivity contribution is 0.156. The highest BCUT2D eigenvalue weighted by atomic mass is 15.2. The Balaban J connectivity index is 2.09. The monoisotopic (exact) mass is 288 g/mol. The van der Waals surface area contributed by atoms with Gasteiger partial charge < -0.3 is 5.32 Å². The quantitative estimate of drug-likeness (QED) is 0.869. The molecule has 0 spiro atoms. The minimum absolute atomic E-state index is 0.440. The van der Waals surface area contributed by atoms with E-state index in [2.05, 4.69) is 55.3 Å². The van der Waals surface area contributed by atoms with Gasteiger partial charge in [0.1, 0.15) is 0 Å². The maximum atomic E-state index is 3.71. The fourth-order valence-corrected chi connectivity index (χ4v) is 3.45. The number of nitrogens with one attached hydrogen (secondary N) is 1. The first kappa shape index (κ1) is 16.5. The smallest absolute Gasteiger partial charge is 0.0475 e. The largest absolute Gasteiger partial charge is 0.309 e. The summed E-state index contributed by atoms with van der Waals surface area (Å²) in [6, 6.07) is 10.1. The van der Waals surface area contributed by atoms with Crippen molar-refractivity contribution in [3.05, 3.63) is 35.4 Å². The number of likely N-dealkylation sites (tertiary alicyclic amines) is 1. The Morgan fingerprint density at radius 3 is 2.14 bits per heavy atom. The third-order valence-electron chi connectivity index (χ3n) is 4.81. The molecule has 1 saturated heterocycles. The van der Waals surface area contributed by atoms with Gasteiger partial charge in [-0.2, -0.15) is 0 Å². The van der Waals surface area contributed by atoms with Gasteiger partial charge in [-0.1, -0.05) is 56.0 Å². The van der Waals surface area contributed by atoms with Crippen molar-refractivity contribution in [3.63, 3.8) is 0 Å². The molecular weight excluding hydrogens is 256 g/mol.